The van der Waals surface area contributed by atoms with Gasteiger partial charge in [-0.15, -0.1) is 0 Å². The molecular weight excluding hydrogens is 1740 g/mol. The molecule has 0 radical (unpaired) electrons. The molecule has 6 nitrogen and oxygen atoms in total. The number of nitrogens with zero attached hydrogens (tertiary/aromatic N) is 6. The van der Waals surface area contributed by atoms with E-state index >= 15 is 0 Å². The third-order valence-corrected chi connectivity index (χ3v) is 29.1. The Hall–Kier alpha value is -19.1. The van der Waals surface area contributed by atoms with Crippen LogP contribution in [0.3, 0.4) is 0 Å². The molecule has 0 amide bonds. The molecule has 0 atom stereocenters. The first-order valence-corrected chi connectivity index (χ1v) is 49.5. The van der Waals surface area contributed by atoms with Crippen LogP contribution in [-0.2, 0) is 0 Å². The molecule has 0 fully saturated rings. The van der Waals surface area contributed by atoms with Gasteiger partial charge in [0.1, 0.15) is 0 Å². The minimum absolute atomic E-state index is 1.15. The van der Waals surface area contributed by atoms with Gasteiger partial charge in [-0.3, -0.25) is 0 Å². The topological polar surface area (TPSA) is 29.6 Å². The van der Waals surface area contributed by atoms with Crippen LogP contribution in [0.4, 0.5) is 0 Å². The summed E-state index contributed by atoms with van der Waals surface area (Å²) in [7, 11) is 0. The SMILES string of the molecule is c1ccc(-c2cc(-c3ccccc3)cc(-n3c4ccccc4c4cc(-c5ccc6c(c5)c5ccccc5n6-c5ccccc5)ccc43)c2)cc1.c1ccc(-c2ccc3c4cc(-c5ccc6c(c5)c5ccccc5n6-c5ccccc5)ccc4n(-c4ccccc4)c3c2)cc1.c1ccc(-c2cccc(-n3c4ccccc4c4cc(-c5ccc6c(c5)c5ccccc5n6-c5cccc(-c6ccccc6)c5)ccc43)c2)cc1. The predicted octanol–water partition coefficient (Wildman–Crippen LogP) is 37.0. The number of hydrogen-bond donors (Lipinski definition) is 0. The summed E-state index contributed by atoms with van der Waals surface area (Å²) in [5, 5.41) is 15.1. The Morgan fingerprint density at radius 2 is 0.250 bits per heavy atom. The Morgan fingerprint density at radius 1 is 0.0764 bits per heavy atom. The Bertz CT molecular complexity index is 9730. The lowest BCUT2D eigenvalue weighted by atomic mass is 9.98. The number of rotatable bonds is 14. The van der Waals surface area contributed by atoms with E-state index in [4.69, 9.17) is 0 Å². The standard InChI is InChI=1S/2C48H32N2.C42H28N2/c1-4-14-33(15-5-1)37-28-38(34-16-6-2-7-17-34)30-40(29-37)50-46-23-13-11-21-42(46)44-32-36(25-27-48(44)50)35-24-26-47-43(31-35)41-20-10-12-22-45(41)49(47)39-18-8-3-9-19-39;1-3-13-33(14-4-1)35-17-11-19-39(29-35)49-45-23-9-7-21-41(45)43-31-37(25-27-47(43)49)38-26-28-48-44(32-38)42-22-8-10-24-46(42)50(48)40-20-12-18-36(30-40)34-15-5-2-6-16-34;1-4-12-29(13-5-1)32-20-23-36-38-27-31(22-25-41(38)44(42(36)28-32)34-16-8-3-9-17-34)30-21-24-40-37(26-30)35-18-10-11-19-39(35)43(40)33-14-6-2-7-15-33/h2*1-32H;1-28H. The van der Waals surface area contributed by atoms with Crippen LogP contribution in [0.25, 0.3) is 254 Å². The van der Waals surface area contributed by atoms with Crippen molar-refractivity contribution < 1.29 is 0 Å². The van der Waals surface area contributed by atoms with Gasteiger partial charge in [0.25, 0.3) is 0 Å². The van der Waals surface area contributed by atoms with Gasteiger partial charge in [-0.05, 0) is 277 Å². The second-order valence-corrected chi connectivity index (χ2v) is 37.4. The monoisotopic (exact) mass is 1830 g/mol. The van der Waals surface area contributed by atoms with Gasteiger partial charge in [0, 0.05) is 98.8 Å². The molecule has 0 bridgehead atoms. The highest BCUT2D eigenvalue weighted by Crippen LogP contribution is 2.46. The summed E-state index contributed by atoms with van der Waals surface area (Å²) in [6.45, 7) is 0. The summed E-state index contributed by atoms with van der Waals surface area (Å²) in [5.74, 6) is 0. The Kier molecular flexibility index (Phi) is 20.9. The van der Waals surface area contributed by atoms with Crippen LogP contribution in [0.2, 0.25) is 0 Å². The highest BCUT2D eigenvalue weighted by molar-refractivity contribution is 6.18. The van der Waals surface area contributed by atoms with Gasteiger partial charge in [-0.1, -0.05) is 370 Å². The van der Waals surface area contributed by atoms with E-state index in [1.165, 1.54) is 237 Å². The lowest BCUT2D eigenvalue weighted by Gasteiger charge is -2.14. The van der Waals surface area contributed by atoms with Gasteiger partial charge in [0.15, 0.2) is 0 Å². The van der Waals surface area contributed by atoms with Gasteiger partial charge in [0.2, 0.25) is 0 Å². The van der Waals surface area contributed by atoms with Crippen LogP contribution >= 0.6 is 0 Å². The maximum atomic E-state index is 2.43. The molecule has 0 N–H and O–H groups in total. The number of hydrogen-bond acceptors (Lipinski definition) is 0. The molecular formula is C138H92N6. The van der Waals surface area contributed by atoms with E-state index in [0.717, 1.165) is 17.1 Å². The minimum Gasteiger partial charge on any atom is -0.309 e. The normalized spacial score (nSPS) is 11.6. The molecule has 29 aromatic rings. The first kappa shape index (κ1) is 84.2. The number of aromatic nitrogens is 6. The summed E-state index contributed by atoms with van der Waals surface area (Å²) < 4.78 is 14.4. The minimum atomic E-state index is 1.15. The Morgan fingerprint density at radius 3 is 0.528 bits per heavy atom. The molecule has 6 aromatic heterocycles. The smallest absolute Gasteiger partial charge is 0.0547 e. The fourth-order valence-corrected chi connectivity index (χ4v) is 22.4. The van der Waals surface area contributed by atoms with Crippen LogP contribution in [0.1, 0.15) is 0 Å². The molecule has 0 aliphatic carbocycles. The first-order valence-electron chi connectivity index (χ1n) is 49.5. The average Bonchev–Trinajstić information content (AvgIpc) is 1.58. The average molecular weight is 1830 g/mol. The quantitative estimate of drug-likeness (QED) is 0.104. The van der Waals surface area contributed by atoms with E-state index in [1.54, 1.807) is 0 Å². The third-order valence-electron chi connectivity index (χ3n) is 29.1. The highest BCUT2D eigenvalue weighted by Gasteiger charge is 2.24. The van der Waals surface area contributed by atoms with Crippen molar-refractivity contribution in [3.05, 3.63) is 558 Å². The van der Waals surface area contributed by atoms with E-state index < -0.39 is 0 Å². The van der Waals surface area contributed by atoms with E-state index in [0.29, 0.717) is 0 Å². The van der Waals surface area contributed by atoms with Crippen molar-refractivity contribution in [2.75, 3.05) is 0 Å². The van der Waals surface area contributed by atoms with Crippen molar-refractivity contribution in [2.24, 2.45) is 0 Å². The Balaban J connectivity index is 0.000000108. The van der Waals surface area contributed by atoms with E-state index in [-0.39, 0.29) is 0 Å². The zero-order valence-electron chi connectivity index (χ0n) is 78.8. The maximum Gasteiger partial charge on any atom is 0.0547 e. The fourth-order valence-electron chi connectivity index (χ4n) is 22.4. The fraction of sp³-hybridized carbons (Fsp3) is 0. The molecule has 0 aliphatic rings. The van der Waals surface area contributed by atoms with E-state index in [1.807, 2.05) is 0 Å². The number of benzene rings is 23. The third kappa shape index (κ3) is 14.8. The molecule has 29 rings (SSSR count). The molecule has 0 saturated carbocycles. The molecule has 0 spiro atoms. The van der Waals surface area contributed by atoms with Crippen molar-refractivity contribution in [1.29, 1.82) is 0 Å². The largest absolute Gasteiger partial charge is 0.309 e. The molecule has 0 aliphatic heterocycles. The summed E-state index contributed by atoms with van der Waals surface area (Å²) in [6, 6.07) is 202. The second kappa shape index (κ2) is 35.7. The predicted molar refractivity (Wildman–Crippen MR) is 609 cm³/mol. The van der Waals surface area contributed by atoms with Crippen molar-refractivity contribution in [3.63, 3.8) is 0 Å². The molecule has 0 unspecified atom stereocenters. The summed E-state index contributed by atoms with van der Waals surface area (Å²) in [6.07, 6.45) is 0. The second-order valence-electron chi connectivity index (χ2n) is 37.4. The summed E-state index contributed by atoms with van der Waals surface area (Å²) in [4.78, 5) is 0. The van der Waals surface area contributed by atoms with Gasteiger partial charge >= 0.3 is 0 Å². The molecule has 6 heterocycles. The van der Waals surface area contributed by atoms with Gasteiger partial charge in [-0.25, -0.2) is 0 Å². The van der Waals surface area contributed by atoms with Crippen LogP contribution < -0.4 is 0 Å². The van der Waals surface area contributed by atoms with Gasteiger partial charge in [0.05, 0.1) is 66.2 Å². The van der Waals surface area contributed by atoms with E-state index in [9.17, 15) is 0 Å². The maximum absolute atomic E-state index is 2.43. The van der Waals surface area contributed by atoms with Crippen LogP contribution in [0, 0.1) is 0 Å². The van der Waals surface area contributed by atoms with Crippen molar-refractivity contribution >= 4 is 131 Å². The molecule has 6 heteroatoms. The zero-order valence-corrected chi connectivity index (χ0v) is 78.8. The first-order chi connectivity index (χ1) is 71.4. The molecule has 0 saturated heterocycles. The number of fused-ring (bicyclic) bond motifs is 18. The zero-order chi connectivity index (χ0) is 95.1. The summed E-state index contributed by atoms with van der Waals surface area (Å²) in [5.41, 5.74) is 40.9. The van der Waals surface area contributed by atoms with Gasteiger partial charge < -0.3 is 27.4 Å². The molecule has 674 valence electrons. The molecule has 144 heavy (non-hydrogen) atoms. The summed E-state index contributed by atoms with van der Waals surface area (Å²) >= 11 is 0. The van der Waals surface area contributed by atoms with Crippen LogP contribution in [0.15, 0.2) is 558 Å². The number of para-hydroxylation sites is 8. The van der Waals surface area contributed by atoms with Gasteiger partial charge in [-0.2, -0.15) is 0 Å². The molecule has 23 aromatic carbocycles. The van der Waals surface area contributed by atoms with Crippen LogP contribution in [0.5, 0.6) is 0 Å². The van der Waals surface area contributed by atoms with Crippen LogP contribution in [-0.4, -0.2) is 27.4 Å². The Labute approximate surface area is 833 Å². The lowest BCUT2D eigenvalue weighted by Crippen LogP contribution is -1.96. The van der Waals surface area contributed by atoms with E-state index in [2.05, 4.69) is 586 Å². The van der Waals surface area contributed by atoms with Crippen molar-refractivity contribution in [1.82, 2.24) is 27.4 Å². The highest BCUT2D eigenvalue weighted by atomic mass is 15.0. The lowest BCUT2D eigenvalue weighted by molar-refractivity contribution is 1.18. The van der Waals surface area contributed by atoms with Crippen molar-refractivity contribution in [3.8, 4) is 123 Å². The van der Waals surface area contributed by atoms with Crippen molar-refractivity contribution in [2.45, 2.75) is 0 Å².